The van der Waals surface area contributed by atoms with E-state index in [1.165, 1.54) is 11.1 Å². The Labute approximate surface area is 147 Å². The van der Waals surface area contributed by atoms with Crippen LogP contribution in [0.15, 0.2) is 23.7 Å². The van der Waals surface area contributed by atoms with E-state index in [4.69, 9.17) is 0 Å². The normalized spacial score (nSPS) is 20.1. The van der Waals surface area contributed by atoms with Crippen LogP contribution in [-0.4, -0.2) is 35.1 Å². The average Bonchev–Trinajstić information content (AvgIpc) is 3.18. The molecule has 0 N–H and O–H groups in total. The molecule has 1 aliphatic carbocycles. The first-order valence-corrected chi connectivity index (χ1v) is 9.22. The summed E-state index contributed by atoms with van der Waals surface area (Å²) >= 11 is 1.62. The molecule has 132 valence electrons. The summed E-state index contributed by atoms with van der Waals surface area (Å²) in [7, 11) is 0. The molecule has 0 saturated carbocycles. The second-order valence-electron chi connectivity index (χ2n) is 6.53. The molecule has 2 aromatic rings. The van der Waals surface area contributed by atoms with Gasteiger partial charge in [-0.2, -0.15) is 13.2 Å². The molecule has 1 unspecified atom stereocenters. The first kappa shape index (κ1) is 16.6. The number of hydrogen-bond acceptors (Lipinski definition) is 3. The van der Waals surface area contributed by atoms with Crippen LogP contribution in [0.25, 0.3) is 0 Å². The van der Waals surface area contributed by atoms with Crippen LogP contribution < -0.4 is 0 Å². The number of halogens is 3. The highest BCUT2D eigenvalue weighted by Gasteiger charge is 2.43. The molecule has 1 aromatic heterocycles. The fourth-order valence-corrected chi connectivity index (χ4v) is 4.82. The summed E-state index contributed by atoms with van der Waals surface area (Å²) in [5.41, 5.74) is 4.72. The van der Waals surface area contributed by atoms with Gasteiger partial charge >= 0.3 is 12.1 Å². The Morgan fingerprint density at radius 1 is 1.16 bits per heavy atom. The monoisotopic (exact) mass is 366 g/mol. The maximum absolute atomic E-state index is 12.8. The van der Waals surface area contributed by atoms with Crippen LogP contribution in [0, 0.1) is 0 Å². The van der Waals surface area contributed by atoms with Crippen LogP contribution in [0.2, 0.25) is 0 Å². The standard InChI is InChI=1S/C18H17F3N2OS/c19-18(20,21)17(24)23-8-5-11-1-2-12-3-4-14(16-22-7-10-25-16)15(12)13(11)6-9-23/h1-2,7,10,14H,3-6,8-9H2. The minimum Gasteiger partial charge on any atom is -0.334 e. The number of benzene rings is 1. The summed E-state index contributed by atoms with van der Waals surface area (Å²) in [5.74, 6) is -1.50. The number of nitrogens with zero attached hydrogens (tertiary/aromatic N) is 2. The van der Waals surface area contributed by atoms with Crippen molar-refractivity contribution in [2.75, 3.05) is 13.1 Å². The predicted octanol–water partition coefficient (Wildman–Crippen LogP) is 3.71. The third kappa shape index (κ3) is 2.94. The maximum atomic E-state index is 12.8. The summed E-state index contributed by atoms with van der Waals surface area (Å²) in [6.45, 7) is 0.235. The van der Waals surface area contributed by atoms with Crippen LogP contribution in [0.5, 0.6) is 0 Å². The Morgan fingerprint density at radius 3 is 2.64 bits per heavy atom. The van der Waals surface area contributed by atoms with Gasteiger partial charge < -0.3 is 4.90 Å². The molecule has 4 rings (SSSR count). The summed E-state index contributed by atoms with van der Waals surface area (Å²) in [4.78, 5) is 17.0. The van der Waals surface area contributed by atoms with Gasteiger partial charge in [-0.15, -0.1) is 11.3 Å². The van der Waals surface area contributed by atoms with E-state index in [-0.39, 0.29) is 19.0 Å². The molecular formula is C18H17F3N2OS. The molecule has 1 amide bonds. The highest BCUT2D eigenvalue weighted by atomic mass is 32.1. The lowest BCUT2D eigenvalue weighted by molar-refractivity contribution is -0.185. The van der Waals surface area contributed by atoms with Gasteiger partial charge in [-0.05, 0) is 47.9 Å². The number of carbonyl (C=O) groups is 1. The zero-order chi connectivity index (χ0) is 17.6. The summed E-state index contributed by atoms with van der Waals surface area (Å²) < 4.78 is 38.3. The Morgan fingerprint density at radius 2 is 1.92 bits per heavy atom. The van der Waals surface area contributed by atoms with Crippen molar-refractivity contribution in [3.8, 4) is 0 Å². The van der Waals surface area contributed by atoms with Crippen LogP contribution in [0.1, 0.15) is 39.6 Å². The predicted molar refractivity (Wildman–Crippen MR) is 88.8 cm³/mol. The van der Waals surface area contributed by atoms with Gasteiger partial charge in [0.05, 0.1) is 5.01 Å². The zero-order valence-electron chi connectivity index (χ0n) is 13.5. The molecule has 0 fully saturated rings. The Bertz CT molecular complexity index is 801. The average molecular weight is 366 g/mol. The van der Waals surface area contributed by atoms with Crippen LogP contribution in [0.4, 0.5) is 13.2 Å². The van der Waals surface area contributed by atoms with Gasteiger partial charge in [-0.1, -0.05) is 12.1 Å². The topological polar surface area (TPSA) is 33.2 Å². The molecule has 1 aromatic carbocycles. The lowest BCUT2D eigenvalue weighted by Gasteiger charge is -2.21. The minimum absolute atomic E-state index is 0.117. The summed E-state index contributed by atoms with van der Waals surface area (Å²) in [6, 6.07) is 4.13. The number of aryl methyl sites for hydroxylation is 1. The molecule has 2 heterocycles. The summed E-state index contributed by atoms with van der Waals surface area (Å²) in [5, 5.41) is 3.03. The molecule has 7 heteroatoms. The smallest absolute Gasteiger partial charge is 0.334 e. The Hall–Kier alpha value is -1.89. The van der Waals surface area contributed by atoms with E-state index in [9.17, 15) is 18.0 Å². The molecule has 1 aliphatic heterocycles. The van der Waals surface area contributed by atoms with Crippen molar-refractivity contribution in [3.05, 3.63) is 51.0 Å². The highest BCUT2D eigenvalue weighted by Crippen LogP contribution is 2.42. The molecule has 0 bridgehead atoms. The first-order valence-electron chi connectivity index (χ1n) is 8.34. The van der Waals surface area contributed by atoms with Gasteiger partial charge in [0.25, 0.3) is 0 Å². The number of alkyl halides is 3. The van der Waals surface area contributed by atoms with E-state index in [0.717, 1.165) is 33.9 Å². The molecule has 2 aliphatic rings. The van der Waals surface area contributed by atoms with E-state index in [1.807, 2.05) is 11.4 Å². The van der Waals surface area contributed by atoms with Gasteiger partial charge in [0.1, 0.15) is 0 Å². The van der Waals surface area contributed by atoms with Crippen molar-refractivity contribution < 1.29 is 18.0 Å². The largest absolute Gasteiger partial charge is 0.471 e. The van der Waals surface area contributed by atoms with E-state index >= 15 is 0 Å². The zero-order valence-corrected chi connectivity index (χ0v) is 14.3. The lowest BCUT2D eigenvalue weighted by Crippen LogP contribution is -2.42. The second kappa shape index (κ2) is 6.12. The van der Waals surface area contributed by atoms with Crippen molar-refractivity contribution in [3.63, 3.8) is 0 Å². The van der Waals surface area contributed by atoms with E-state index in [2.05, 4.69) is 11.1 Å². The molecule has 0 radical (unpaired) electrons. The highest BCUT2D eigenvalue weighted by molar-refractivity contribution is 7.09. The van der Waals surface area contributed by atoms with Gasteiger partial charge in [-0.25, -0.2) is 4.98 Å². The van der Waals surface area contributed by atoms with Crippen LogP contribution in [-0.2, 0) is 24.1 Å². The van der Waals surface area contributed by atoms with Gasteiger partial charge in [0.2, 0.25) is 0 Å². The van der Waals surface area contributed by atoms with Crippen molar-refractivity contribution in [2.45, 2.75) is 37.8 Å². The molecule has 1 atom stereocenters. The number of amides is 1. The number of fused-ring (bicyclic) bond motifs is 3. The SMILES string of the molecule is O=C(N1CCc2ccc3c(c2CC1)C(c1nccs1)CC3)C(F)(F)F. The Kier molecular flexibility index (Phi) is 4.06. The second-order valence-corrected chi connectivity index (χ2v) is 7.45. The number of hydrogen-bond donors (Lipinski definition) is 0. The van der Waals surface area contributed by atoms with Crippen molar-refractivity contribution >= 4 is 17.2 Å². The molecule has 0 spiro atoms. The number of rotatable bonds is 1. The number of thiazole rings is 1. The summed E-state index contributed by atoms with van der Waals surface area (Å²) in [6.07, 6.45) is -0.106. The van der Waals surface area contributed by atoms with Gasteiger partial charge in [0, 0.05) is 30.6 Å². The molecular weight excluding hydrogens is 349 g/mol. The van der Waals surface area contributed by atoms with Crippen molar-refractivity contribution in [1.82, 2.24) is 9.88 Å². The minimum atomic E-state index is -4.80. The van der Waals surface area contributed by atoms with Crippen LogP contribution >= 0.6 is 11.3 Å². The maximum Gasteiger partial charge on any atom is 0.471 e. The lowest BCUT2D eigenvalue weighted by atomic mass is 9.90. The molecule has 3 nitrogen and oxygen atoms in total. The van der Waals surface area contributed by atoms with E-state index < -0.39 is 12.1 Å². The van der Waals surface area contributed by atoms with Crippen molar-refractivity contribution in [1.29, 1.82) is 0 Å². The number of carbonyl (C=O) groups excluding carboxylic acids is 1. The van der Waals surface area contributed by atoms with Crippen LogP contribution in [0.3, 0.4) is 0 Å². The third-order valence-corrected chi connectivity index (χ3v) is 6.05. The van der Waals surface area contributed by atoms with E-state index in [1.54, 1.807) is 17.5 Å². The fourth-order valence-electron chi connectivity index (χ4n) is 4.03. The first-order chi connectivity index (χ1) is 11.9. The Balaban J connectivity index is 1.67. The third-order valence-electron chi connectivity index (χ3n) is 5.16. The fraction of sp³-hybridized carbons (Fsp3) is 0.444. The molecule has 25 heavy (non-hydrogen) atoms. The quantitative estimate of drug-likeness (QED) is 0.771. The molecule has 0 saturated heterocycles. The van der Waals surface area contributed by atoms with E-state index in [0.29, 0.717) is 12.8 Å². The van der Waals surface area contributed by atoms with Crippen molar-refractivity contribution in [2.24, 2.45) is 0 Å². The van der Waals surface area contributed by atoms with Gasteiger partial charge in [0.15, 0.2) is 0 Å². The number of aromatic nitrogens is 1. The van der Waals surface area contributed by atoms with Gasteiger partial charge in [-0.3, -0.25) is 4.79 Å².